The Hall–Kier alpha value is 0. The lowest BCUT2D eigenvalue weighted by molar-refractivity contribution is -0.113. The van der Waals surface area contributed by atoms with E-state index in [1.165, 1.54) is 70.6 Å². The van der Waals surface area contributed by atoms with E-state index in [-0.39, 0.29) is 11.3 Å². The Labute approximate surface area is 534 Å². The zero-order valence-electron chi connectivity index (χ0n) is 70.6. The van der Waals surface area contributed by atoms with Crippen molar-refractivity contribution in [2.75, 3.05) is 0 Å². The molecule has 0 spiro atoms. The lowest BCUT2D eigenvalue weighted by Crippen LogP contribution is -2.51. The number of hydrogen-bond acceptors (Lipinski definition) is 0. The normalized spacial score (nSPS) is 22.9. The second-order valence-electron chi connectivity index (χ2n) is 42.5. The van der Waals surface area contributed by atoms with Gasteiger partial charge in [-0.2, -0.15) is 0 Å². The molecular weight excluding hydrogens is 985 g/mol. The summed E-state index contributed by atoms with van der Waals surface area (Å²) in [5.41, 5.74) is 5.35. The molecule has 6 rings (SSSR count). The molecule has 6 saturated carbocycles. The molecule has 502 valence electrons. The standard InChI is InChI=1S/C14H24.C10H20.C9H18.C9H20.2C8H18.2C7H16.2C5H12/c1-13(2,3)14-7-10-4-11(8-14)6-12(5-10)9-14;1-10(2,3)9-7-5-4-6-8-9;1-9(2,3)8-6-4-5-7-8;1-8(2,3)7-9(4,5)6;1-7(2)6-8(3,4)5;1-7(2,3)8(4,5)6;2*1-6(2)7(3,4)5;2*1-5(2,3)4/h10-12H,4-9H2,1-3H3;9H,4-8H2,1-3H3;8H,4-7H2,1-3H3;7H2,1-6H3;7H,6H2,1-5H3;1-6H3;2*6H,1-5H3;2*1-4H3/i;;;;;;6D;;1D3;. The zero-order chi connectivity index (χ0) is 70.6. The van der Waals surface area contributed by atoms with Gasteiger partial charge in [0.25, 0.3) is 0 Å². The molecule has 0 radical (unpaired) electrons. The molecule has 0 atom stereocenters. The van der Waals surface area contributed by atoms with Gasteiger partial charge in [-0.25, -0.2) is 0 Å². The van der Waals surface area contributed by atoms with Crippen LogP contribution in [0.5, 0.6) is 0 Å². The summed E-state index contributed by atoms with van der Waals surface area (Å²) in [6.45, 7) is 93.9. The van der Waals surface area contributed by atoms with Crippen LogP contribution in [0.4, 0.5) is 0 Å². The highest BCUT2D eigenvalue weighted by Crippen LogP contribution is 2.65. The summed E-state index contributed by atoms with van der Waals surface area (Å²) >= 11 is 0. The van der Waals surface area contributed by atoms with Crippen LogP contribution in [0.1, 0.15) is 419 Å². The molecule has 0 nitrogen and oxygen atoms in total. The lowest BCUT2D eigenvalue weighted by atomic mass is 9.43. The van der Waals surface area contributed by atoms with Gasteiger partial charge in [0.2, 0.25) is 0 Å². The molecule has 0 aliphatic heterocycles. The third-order valence-electron chi connectivity index (χ3n) is 18.6. The number of hydrogen-bond donors (Lipinski definition) is 0. The van der Waals surface area contributed by atoms with E-state index in [0.29, 0.717) is 54.1 Å². The highest BCUT2D eigenvalue weighted by atomic mass is 14.6. The molecule has 6 aliphatic carbocycles. The second-order valence-corrected chi connectivity index (χ2v) is 42.5. The summed E-state index contributed by atoms with van der Waals surface area (Å²) in [6.07, 6.45) is 25.3. The summed E-state index contributed by atoms with van der Waals surface area (Å²) in [4.78, 5) is 0. The molecule has 0 amide bonds. The van der Waals surface area contributed by atoms with Crippen molar-refractivity contribution in [1.82, 2.24) is 0 Å². The molecule has 4 bridgehead atoms. The van der Waals surface area contributed by atoms with E-state index in [9.17, 15) is 0 Å². The van der Waals surface area contributed by atoms with Crippen LogP contribution < -0.4 is 0 Å². The van der Waals surface area contributed by atoms with Crippen molar-refractivity contribution in [3.63, 3.8) is 0 Å². The third-order valence-corrected chi connectivity index (χ3v) is 18.6. The predicted octanol–water partition coefficient (Wildman–Crippen LogP) is 30.2. The molecule has 6 aliphatic rings. The molecule has 0 heteroatoms. The first-order chi connectivity index (χ1) is 37.0. The first-order valence-corrected chi connectivity index (χ1v) is 35.0. The Morgan fingerprint density at radius 3 is 0.707 bits per heavy atom. The molecule has 0 saturated heterocycles. The zero-order valence-corrected chi connectivity index (χ0v) is 66.6. The van der Waals surface area contributed by atoms with E-state index < -0.39 is 12.3 Å². The summed E-state index contributed by atoms with van der Waals surface area (Å²) in [5, 5.41) is 0. The minimum atomic E-state index is -1.81. The van der Waals surface area contributed by atoms with E-state index in [4.69, 9.17) is 5.48 Å². The second kappa shape index (κ2) is 36.6. The minimum Gasteiger partial charge on any atom is -0.0628 e. The van der Waals surface area contributed by atoms with Crippen LogP contribution in [0.2, 0.25) is 0 Å². The van der Waals surface area contributed by atoms with Gasteiger partial charge in [-0.15, -0.1) is 0 Å². The maximum atomic E-state index is 7.58. The van der Waals surface area contributed by atoms with Gasteiger partial charge < -0.3 is 0 Å². The van der Waals surface area contributed by atoms with E-state index >= 15 is 0 Å². The van der Waals surface area contributed by atoms with E-state index in [2.05, 4.69) is 263 Å². The topological polar surface area (TPSA) is 0 Å². The van der Waals surface area contributed by atoms with Crippen molar-refractivity contribution in [2.24, 2.45) is 118 Å². The highest BCUT2D eigenvalue weighted by Gasteiger charge is 2.55. The van der Waals surface area contributed by atoms with Gasteiger partial charge in [0.15, 0.2) is 0 Å². The van der Waals surface area contributed by atoms with Crippen LogP contribution in [0.15, 0.2) is 0 Å². The predicted molar refractivity (Wildman–Crippen MR) is 388 cm³/mol. The fraction of sp³-hybridized carbons (Fsp3) is 1.00. The molecule has 0 aromatic rings. The van der Waals surface area contributed by atoms with Crippen LogP contribution in [0.25, 0.3) is 0 Å². The fourth-order valence-electron chi connectivity index (χ4n) is 11.6. The van der Waals surface area contributed by atoms with Gasteiger partial charge in [-0.05, 0) is 195 Å². The molecule has 0 aromatic carbocycles. The first-order valence-electron chi connectivity index (χ1n) is 37.0. The smallest absolute Gasteiger partial charge is 0.0302 e. The van der Waals surface area contributed by atoms with Crippen molar-refractivity contribution in [3.8, 4) is 0 Å². The Kier molecular flexibility index (Phi) is 36.6. The average Bonchev–Trinajstić information content (AvgIpc) is 3.73. The van der Waals surface area contributed by atoms with Gasteiger partial charge in [-0.1, -0.05) is 337 Å². The van der Waals surface area contributed by atoms with E-state index in [0.717, 1.165) is 46.8 Å². The maximum absolute atomic E-state index is 7.58. The van der Waals surface area contributed by atoms with E-state index in [1.54, 1.807) is 59.3 Å². The van der Waals surface area contributed by atoms with E-state index in [1.807, 2.05) is 13.8 Å². The van der Waals surface area contributed by atoms with Crippen LogP contribution in [-0.4, -0.2) is 0 Å². The average molecular weight is 1160 g/mol. The molecular formula is C82H174. The summed E-state index contributed by atoms with van der Waals surface area (Å²) < 4.78 is 28.3. The monoisotopic (exact) mass is 1160 g/mol. The van der Waals surface area contributed by atoms with Crippen LogP contribution in [-0.2, 0) is 0 Å². The Bertz CT molecular complexity index is 1520. The van der Waals surface area contributed by atoms with Crippen LogP contribution >= 0.6 is 0 Å². The fourth-order valence-corrected chi connectivity index (χ4v) is 11.6. The largest absolute Gasteiger partial charge is 0.0628 e. The SMILES string of the molecule is CC(C)(C)C.CC(C)(C)C(C)(C)C.CC(C)(C)C12CC3CC(CC(C3)C1)C2.CC(C)(C)C1CCCC1.CC(C)(C)C1CCCCC1.CC(C)(C)CC(C)(C)C.CC(C)C(C)(C)C.CC(C)CC(C)(C)C.[2H]C(C)(C)C(C)(C)C.[2H]C([2H])([2H])C(C)(C)C. The van der Waals surface area contributed by atoms with Gasteiger partial charge >= 0.3 is 0 Å². The van der Waals surface area contributed by atoms with Crippen molar-refractivity contribution in [1.29, 1.82) is 0 Å². The van der Waals surface area contributed by atoms with Crippen molar-refractivity contribution in [2.45, 2.75) is 414 Å². The molecule has 0 unspecified atom stereocenters. The number of rotatable bonds is 1. The van der Waals surface area contributed by atoms with Gasteiger partial charge in [0, 0.05) is 5.48 Å². The molecule has 0 heterocycles. The minimum absolute atomic E-state index is 0.104. The molecule has 0 aromatic heterocycles. The van der Waals surface area contributed by atoms with Gasteiger partial charge in [-0.3, -0.25) is 0 Å². The maximum Gasteiger partial charge on any atom is 0.0302 e. The third kappa shape index (κ3) is 55.3. The summed E-state index contributed by atoms with van der Waals surface area (Å²) in [7, 11) is 0. The molecule has 82 heavy (non-hydrogen) atoms. The van der Waals surface area contributed by atoms with Crippen molar-refractivity contribution >= 4 is 0 Å². The highest BCUT2D eigenvalue weighted by molar-refractivity contribution is 5.05. The summed E-state index contributed by atoms with van der Waals surface area (Å²) in [5.74, 6) is 6.68. The first kappa shape index (κ1) is 82.0. The Balaban J connectivity index is -0.000000286. The molecule has 0 N–H and O–H groups in total. The van der Waals surface area contributed by atoms with Gasteiger partial charge in [0.05, 0.1) is 0 Å². The Morgan fingerprint density at radius 2 is 0.610 bits per heavy atom. The quantitative estimate of drug-likeness (QED) is 0.245. The van der Waals surface area contributed by atoms with Crippen LogP contribution in [0, 0.1) is 118 Å². The summed E-state index contributed by atoms with van der Waals surface area (Å²) in [6, 6.07) is 0. The van der Waals surface area contributed by atoms with Gasteiger partial charge in [0.1, 0.15) is 0 Å². The lowest BCUT2D eigenvalue weighted by Gasteiger charge is -2.62. The van der Waals surface area contributed by atoms with Crippen molar-refractivity contribution < 1.29 is 5.48 Å². The Morgan fingerprint density at radius 1 is 0.378 bits per heavy atom. The van der Waals surface area contributed by atoms with Crippen molar-refractivity contribution in [3.05, 3.63) is 0 Å². The van der Waals surface area contributed by atoms with Crippen LogP contribution in [0.3, 0.4) is 0 Å². The molecule has 6 fully saturated rings.